The smallest absolute Gasteiger partial charge is 0.293 e. The summed E-state index contributed by atoms with van der Waals surface area (Å²) < 4.78 is 13.0. The van der Waals surface area contributed by atoms with Gasteiger partial charge in [-0.25, -0.2) is 9.97 Å². The number of nitrogens with zero attached hydrogens (tertiary/aromatic N) is 6. The molecule has 43 heavy (non-hydrogen) atoms. The minimum Gasteiger partial charge on any atom is -0.381 e. The molecule has 3 aliphatic rings. The Morgan fingerprint density at radius 3 is 2.81 bits per heavy atom. The summed E-state index contributed by atoms with van der Waals surface area (Å²) in [6.45, 7) is 5.72. The van der Waals surface area contributed by atoms with Crippen molar-refractivity contribution in [2.75, 3.05) is 13.2 Å². The molecule has 0 radical (unpaired) electrons. The first-order chi connectivity index (χ1) is 21.0. The van der Waals surface area contributed by atoms with Crippen LogP contribution in [0.5, 0.6) is 0 Å². The van der Waals surface area contributed by atoms with E-state index in [1.54, 1.807) is 0 Å². The number of carbonyl (C=O) groups is 1. The summed E-state index contributed by atoms with van der Waals surface area (Å²) in [4.78, 5) is 30.5. The quantitative estimate of drug-likeness (QED) is 0.274. The monoisotopic (exact) mass is 578 g/mol. The van der Waals surface area contributed by atoms with Gasteiger partial charge in [0.05, 0.1) is 23.8 Å². The molecule has 5 aromatic rings. The van der Waals surface area contributed by atoms with E-state index in [1.807, 2.05) is 18.5 Å². The molecular weight excluding hydrogens is 544 g/mol. The fraction of sp³-hybridized carbons (Fsp3) is 0.438. The number of pyridine rings is 1. The van der Waals surface area contributed by atoms with Gasteiger partial charge in [0.1, 0.15) is 11.3 Å². The third-order valence-corrected chi connectivity index (χ3v) is 9.44. The highest BCUT2D eigenvalue weighted by Crippen LogP contribution is 2.46. The topological polar surface area (TPSA) is 137 Å². The Labute approximate surface area is 248 Å². The molecule has 8 rings (SSSR count). The van der Waals surface area contributed by atoms with Crippen molar-refractivity contribution < 1.29 is 14.1 Å². The number of aryl methyl sites for hydroxylation is 1. The molecule has 1 atom stereocenters. The third kappa shape index (κ3) is 4.62. The van der Waals surface area contributed by atoms with Crippen molar-refractivity contribution >= 4 is 17.1 Å². The van der Waals surface area contributed by atoms with Crippen molar-refractivity contribution in [3.8, 4) is 22.5 Å². The van der Waals surface area contributed by atoms with Gasteiger partial charge in [-0.2, -0.15) is 10.1 Å². The Kier molecular flexibility index (Phi) is 6.18. The maximum absolute atomic E-state index is 13.0. The van der Waals surface area contributed by atoms with E-state index in [9.17, 15) is 4.79 Å². The lowest BCUT2D eigenvalue weighted by atomic mass is 9.85. The van der Waals surface area contributed by atoms with Gasteiger partial charge in [0, 0.05) is 36.1 Å². The highest BCUT2D eigenvalue weighted by molar-refractivity contribution is 5.92. The zero-order valence-electron chi connectivity index (χ0n) is 24.4. The number of H-pyrrole nitrogens is 1. The van der Waals surface area contributed by atoms with E-state index in [0.29, 0.717) is 11.9 Å². The van der Waals surface area contributed by atoms with Crippen LogP contribution in [0.1, 0.15) is 90.9 Å². The Morgan fingerprint density at radius 2 is 1.98 bits per heavy atom. The van der Waals surface area contributed by atoms with Gasteiger partial charge in [0.2, 0.25) is 5.89 Å². The molecule has 1 saturated heterocycles. The Morgan fingerprint density at radius 1 is 1.12 bits per heavy atom. The molecule has 220 valence electrons. The maximum atomic E-state index is 13.0. The summed E-state index contributed by atoms with van der Waals surface area (Å²) in [5, 5.41) is 11.8. The first-order valence-electron chi connectivity index (χ1n) is 15.2. The van der Waals surface area contributed by atoms with Crippen LogP contribution >= 0.6 is 0 Å². The summed E-state index contributed by atoms with van der Waals surface area (Å²) in [5.74, 6) is 1.14. The Hall–Kier alpha value is -4.38. The number of ether oxygens (including phenoxy) is 1. The average molecular weight is 579 g/mol. The minimum atomic E-state index is -0.295. The average Bonchev–Trinajstić information content (AvgIpc) is 3.40. The summed E-state index contributed by atoms with van der Waals surface area (Å²) in [7, 11) is 0. The van der Waals surface area contributed by atoms with Gasteiger partial charge < -0.3 is 19.6 Å². The standard InChI is InChI=1S/C32H34N8O3/c1-18-24(17-34-40(18)21-9-14-42-15-10-21)27-36-26-23(8-13-33-28(26)37-27)20-6-7-22-19(16-20)4-3-5-25(22)35-30(41)29-38-31(43-39-29)32(2)11-12-32/h6-8,13,16-17,21,25H,3-5,9-12,14-15H2,1-2H3,(H,35,41)(H,33,36,37)/t25-/m1/s1. The Balaban J connectivity index is 1.06. The normalized spacial score (nSPS) is 19.8. The van der Waals surface area contributed by atoms with E-state index >= 15 is 0 Å². The van der Waals surface area contributed by atoms with E-state index in [-0.39, 0.29) is 23.2 Å². The molecule has 5 heterocycles. The number of fused-ring (bicyclic) bond motifs is 2. The second-order valence-electron chi connectivity index (χ2n) is 12.4. The van der Waals surface area contributed by atoms with Crippen LogP contribution in [0.3, 0.4) is 0 Å². The minimum absolute atomic E-state index is 0.0710. The maximum Gasteiger partial charge on any atom is 0.293 e. The lowest BCUT2D eigenvalue weighted by Gasteiger charge is -2.26. The molecule has 1 saturated carbocycles. The number of benzene rings is 1. The van der Waals surface area contributed by atoms with Crippen molar-refractivity contribution in [3.05, 3.63) is 65.2 Å². The fourth-order valence-corrected chi connectivity index (χ4v) is 6.54. The van der Waals surface area contributed by atoms with Crippen molar-refractivity contribution in [1.82, 2.24) is 40.2 Å². The molecule has 1 aliphatic heterocycles. The van der Waals surface area contributed by atoms with Gasteiger partial charge >= 0.3 is 0 Å². The van der Waals surface area contributed by atoms with Crippen molar-refractivity contribution in [2.45, 2.75) is 76.3 Å². The fourth-order valence-electron chi connectivity index (χ4n) is 6.54. The number of nitrogens with one attached hydrogen (secondary N) is 2. The largest absolute Gasteiger partial charge is 0.381 e. The number of rotatable bonds is 6. The van der Waals surface area contributed by atoms with Crippen LogP contribution in [0.2, 0.25) is 0 Å². The third-order valence-electron chi connectivity index (χ3n) is 9.44. The van der Waals surface area contributed by atoms with Crippen LogP contribution in [0.4, 0.5) is 0 Å². The molecule has 2 N–H and O–H groups in total. The predicted molar refractivity (Wildman–Crippen MR) is 158 cm³/mol. The second kappa shape index (κ2) is 10.1. The molecule has 4 aromatic heterocycles. The lowest BCUT2D eigenvalue weighted by Crippen LogP contribution is -2.31. The van der Waals surface area contributed by atoms with Gasteiger partial charge in [0.15, 0.2) is 5.65 Å². The van der Waals surface area contributed by atoms with Crippen LogP contribution in [0.25, 0.3) is 33.7 Å². The zero-order chi connectivity index (χ0) is 29.1. The molecule has 11 heteroatoms. The van der Waals surface area contributed by atoms with Gasteiger partial charge in [0.25, 0.3) is 11.7 Å². The second-order valence-corrected chi connectivity index (χ2v) is 12.4. The molecule has 2 aliphatic carbocycles. The van der Waals surface area contributed by atoms with Gasteiger partial charge in [-0.3, -0.25) is 9.48 Å². The molecule has 1 amide bonds. The van der Waals surface area contributed by atoms with Crippen molar-refractivity contribution in [2.24, 2.45) is 0 Å². The molecule has 2 fully saturated rings. The lowest BCUT2D eigenvalue weighted by molar-refractivity contribution is 0.0657. The number of hydrogen-bond acceptors (Lipinski definition) is 8. The van der Waals surface area contributed by atoms with Crippen LogP contribution in [0, 0.1) is 6.92 Å². The summed E-state index contributed by atoms with van der Waals surface area (Å²) in [6, 6.07) is 8.73. The number of aromatic amines is 1. The number of imidazole rings is 1. The van der Waals surface area contributed by atoms with E-state index in [1.165, 1.54) is 5.56 Å². The molecule has 11 nitrogen and oxygen atoms in total. The van der Waals surface area contributed by atoms with Gasteiger partial charge in [-0.05, 0) is 74.6 Å². The highest BCUT2D eigenvalue weighted by Gasteiger charge is 2.45. The molecule has 1 aromatic carbocycles. The molecule has 0 unspecified atom stereocenters. The first kappa shape index (κ1) is 26.3. The predicted octanol–water partition coefficient (Wildman–Crippen LogP) is 5.39. The van der Waals surface area contributed by atoms with Crippen molar-refractivity contribution in [1.29, 1.82) is 0 Å². The van der Waals surface area contributed by atoms with Crippen LogP contribution in [-0.2, 0) is 16.6 Å². The SMILES string of the molecule is Cc1c(-c2nc3c(-c4ccc5c(c4)CCC[C@H]5NC(=O)c4noc(C5(C)CC5)n4)ccnc3[nH]2)cnn1C1CCOCC1. The summed E-state index contributed by atoms with van der Waals surface area (Å²) in [5.41, 5.74) is 8.02. The van der Waals surface area contributed by atoms with Gasteiger partial charge in [-0.1, -0.05) is 30.3 Å². The zero-order valence-corrected chi connectivity index (χ0v) is 24.4. The molecule has 0 bridgehead atoms. The molecule has 0 spiro atoms. The van der Waals surface area contributed by atoms with Crippen LogP contribution in [0.15, 0.2) is 41.2 Å². The van der Waals surface area contributed by atoms with E-state index < -0.39 is 0 Å². The van der Waals surface area contributed by atoms with Crippen molar-refractivity contribution in [3.63, 3.8) is 0 Å². The Bertz CT molecular complexity index is 1840. The number of aromatic nitrogens is 7. The molecular formula is C32H34N8O3. The number of carbonyl (C=O) groups excluding carboxylic acids is 1. The number of hydrogen-bond donors (Lipinski definition) is 2. The first-order valence-corrected chi connectivity index (χ1v) is 15.2. The van der Waals surface area contributed by atoms with Crippen LogP contribution < -0.4 is 5.32 Å². The summed E-state index contributed by atoms with van der Waals surface area (Å²) >= 11 is 0. The van der Waals surface area contributed by atoms with Gasteiger partial charge in [-0.15, -0.1) is 0 Å². The number of amides is 1. The van der Waals surface area contributed by atoms with E-state index in [2.05, 4.69) is 62.2 Å². The van der Waals surface area contributed by atoms with Crippen LogP contribution in [-0.4, -0.2) is 54.0 Å². The summed E-state index contributed by atoms with van der Waals surface area (Å²) in [6.07, 6.45) is 10.5. The highest BCUT2D eigenvalue weighted by atomic mass is 16.5. The van der Waals surface area contributed by atoms with E-state index in [4.69, 9.17) is 19.3 Å². The van der Waals surface area contributed by atoms with E-state index in [0.717, 1.165) is 103 Å².